The molecule has 0 aliphatic carbocycles. The van der Waals surface area contributed by atoms with E-state index in [0.717, 1.165) is 11.1 Å². The zero-order valence-electron chi connectivity index (χ0n) is 10.00. The fourth-order valence-corrected chi connectivity index (χ4v) is 1.89. The molecule has 0 saturated heterocycles. The molecule has 0 amide bonds. The lowest BCUT2D eigenvalue weighted by Gasteiger charge is -2.16. The lowest BCUT2D eigenvalue weighted by atomic mass is 9.99. The number of nitrogens with one attached hydrogen (secondary N) is 1. The van der Waals surface area contributed by atoms with Crippen molar-refractivity contribution in [1.82, 2.24) is 10.3 Å². The predicted octanol–water partition coefficient (Wildman–Crippen LogP) is 2.09. The Labute approximate surface area is 105 Å². The second-order valence-corrected chi connectivity index (χ2v) is 3.94. The van der Waals surface area contributed by atoms with Crippen LogP contribution in [-0.2, 0) is 0 Å². The van der Waals surface area contributed by atoms with Gasteiger partial charge in [-0.05, 0) is 36.4 Å². The van der Waals surface area contributed by atoms with Gasteiger partial charge >= 0.3 is 5.97 Å². The molecule has 0 aliphatic heterocycles. The van der Waals surface area contributed by atoms with E-state index in [9.17, 15) is 4.79 Å². The Morgan fingerprint density at radius 1 is 1.22 bits per heavy atom. The lowest BCUT2D eigenvalue weighted by Crippen LogP contribution is -2.17. The van der Waals surface area contributed by atoms with Crippen molar-refractivity contribution >= 4 is 5.97 Å². The van der Waals surface area contributed by atoms with Gasteiger partial charge in [0, 0.05) is 12.4 Å². The second kappa shape index (κ2) is 5.42. The average molecular weight is 242 g/mol. The SMILES string of the molecule is CNC(c1ccc(C(=O)O)cc1)c1cccnc1. The van der Waals surface area contributed by atoms with Gasteiger partial charge in [-0.3, -0.25) is 4.98 Å². The number of benzene rings is 1. The van der Waals surface area contributed by atoms with Crippen molar-refractivity contribution < 1.29 is 9.90 Å². The summed E-state index contributed by atoms with van der Waals surface area (Å²) in [6.45, 7) is 0. The van der Waals surface area contributed by atoms with E-state index in [4.69, 9.17) is 5.11 Å². The molecule has 1 aromatic heterocycles. The number of hydrogen-bond acceptors (Lipinski definition) is 3. The number of rotatable bonds is 4. The summed E-state index contributed by atoms with van der Waals surface area (Å²) in [4.78, 5) is 14.9. The standard InChI is InChI=1S/C14H14N2O2/c1-15-13(12-3-2-8-16-9-12)10-4-6-11(7-5-10)14(17)18/h2-9,13,15H,1H3,(H,17,18). The molecule has 4 nitrogen and oxygen atoms in total. The average Bonchev–Trinajstić information content (AvgIpc) is 2.41. The second-order valence-electron chi connectivity index (χ2n) is 3.94. The summed E-state index contributed by atoms with van der Waals surface area (Å²) in [6.07, 6.45) is 3.52. The van der Waals surface area contributed by atoms with Crippen LogP contribution in [-0.4, -0.2) is 23.1 Å². The predicted molar refractivity (Wildman–Crippen MR) is 68.5 cm³/mol. The van der Waals surface area contributed by atoms with Crippen molar-refractivity contribution in [2.24, 2.45) is 0 Å². The highest BCUT2D eigenvalue weighted by atomic mass is 16.4. The molecule has 0 spiro atoms. The third-order valence-corrected chi connectivity index (χ3v) is 2.80. The van der Waals surface area contributed by atoms with Gasteiger partial charge < -0.3 is 10.4 Å². The van der Waals surface area contributed by atoms with Crippen LogP contribution >= 0.6 is 0 Å². The van der Waals surface area contributed by atoms with E-state index in [1.54, 1.807) is 24.5 Å². The molecule has 2 aromatic rings. The topological polar surface area (TPSA) is 62.2 Å². The van der Waals surface area contributed by atoms with Gasteiger partial charge in [0.15, 0.2) is 0 Å². The van der Waals surface area contributed by atoms with Crippen LogP contribution in [0, 0.1) is 0 Å². The van der Waals surface area contributed by atoms with Gasteiger partial charge in [-0.15, -0.1) is 0 Å². The normalized spacial score (nSPS) is 12.1. The van der Waals surface area contributed by atoms with Crippen molar-refractivity contribution in [2.45, 2.75) is 6.04 Å². The van der Waals surface area contributed by atoms with Crippen LogP contribution < -0.4 is 5.32 Å². The molecule has 0 saturated carbocycles. The summed E-state index contributed by atoms with van der Waals surface area (Å²) < 4.78 is 0. The Hall–Kier alpha value is -2.20. The van der Waals surface area contributed by atoms with Crippen molar-refractivity contribution in [3.63, 3.8) is 0 Å². The van der Waals surface area contributed by atoms with Gasteiger partial charge in [0.2, 0.25) is 0 Å². The molecule has 1 heterocycles. The third kappa shape index (κ3) is 2.55. The summed E-state index contributed by atoms with van der Waals surface area (Å²) in [5.41, 5.74) is 2.35. The summed E-state index contributed by atoms with van der Waals surface area (Å²) >= 11 is 0. The monoisotopic (exact) mass is 242 g/mol. The molecule has 0 aliphatic rings. The molecule has 0 radical (unpaired) electrons. The Bertz CT molecular complexity index is 523. The Kier molecular flexibility index (Phi) is 3.69. The van der Waals surface area contributed by atoms with E-state index in [1.165, 1.54) is 0 Å². The van der Waals surface area contributed by atoms with Crippen LogP contribution in [0.3, 0.4) is 0 Å². The number of pyridine rings is 1. The molecule has 1 unspecified atom stereocenters. The van der Waals surface area contributed by atoms with Crippen molar-refractivity contribution in [2.75, 3.05) is 7.05 Å². The number of hydrogen-bond donors (Lipinski definition) is 2. The third-order valence-electron chi connectivity index (χ3n) is 2.80. The van der Waals surface area contributed by atoms with E-state index in [2.05, 4.69) is 10.3 Å². The number of carbonyl (C=O) groups is 1. The molecule has 4 heteroatoms. The molecule has 1 aromatic carbocycles. The maximum absolute atomic E-state index is 10.8. The fraction of sp³-hybridized carbons (Fsp3) is 0.143. The van der Waals surface area contributed by atoms with Gasteiger partial charge in [0.25, 0.3) is 0 Å². The molecule has 92 valence electrons. The van der Waals surface area contributed by atoms with Gasteiger partial charge in [-0.2, -0.15) is 0 Å². The summed E-state index contributed by atoms with van der Waals surface area (Å²) in [5, 5.41) is 12.1. The largest absolute Gasteiger partial charge is 0.478 e. The molecule has 2 N–H and O–H groups in total. The first-order valence-corrected chi connectivity index (χ1v) is 5.63. The van der Waals surface area contributed by atoms with E-state index < -0.39 is 5.97 Å². The maximum Gasteiger partial charge on any atom is 0.335 e. The smallest absolute Gasteiger partial charge is 0.335 e. The van der Waals surface area contributed by atoms with Gasteiger partial charge in [-0.25, -0.2) is 4.79 Å². The van der Waals surface area contributed by atoms with Gasteiger partial charge in [-0.1, -0.05) is 18.2 Å². The maximum atomic E-state index is 10.8. The van der Waals surface area contributed by atoms with E-state index in [0.29, 0.717) is 5.56 Å². The number of aromatic nitrogens is 1. The highest BCUT2D eigenvalue weighted by Crippen LogP contribution is 2.21. The minimum atomic E-state index is -0.913. The first-order valence-electron chi connectivity index (χ1n) is 5.63. The van der Waals surface area contributed by atoms with Crippen LogP contribution in [0.2, 0.25) is 0 Å². The Morgan fingerprint density at radius 2 is 1.94 bits per heavy atom. The summed E-state index contributed by atoms with van der Waals surface area (Å²) in [7, 11) is 1.86. The number of nitrogens with zero attached hydrogens (tertiary/aromatic N) is 1. The minimum Gasteiger partial charge on any atom is -0.478 e. The quantitative estimate of drug-likeness (QED) is 0.861. The molecular weight excluding hydrogens is 228 g/mol. The Morgan fingerprint density at radius 3 is 2.44 bits per heavy atom. The van der Waals surface area contributed by atoms with Crippen molar-refractivity contribution in [3.8, 4) is 0 Å². The molecular formula is C14H14N2O2. The molecule has 0 bridgehead atoms. The van der Waals surface area contributed by atoms with Crippen LogP contribution in [0.4, 0.5) is 0 Å². The molecule has 0 fully saturated rings. The van der Waals surface area contributed by atoms with Gasteiger partial charge in [0.1, 0.15) is 0 Å². The van der Waals surface area contributed by atoms with Crippen LogP contribution in [0.1, 0.15) is 27.5 Å². The fourth-order valence-electron chi connectivity index (χ4n) is 1.89. The summed E-state index contributed by atoms with van der Waals surface area (Å²) in [5.74, 6) is -0.913. The number of aromatic carboxylic acids is 1. The van der Waals surface area contributed by atoms with E-state index in [1.807, 2.05) is 31.3 Å². The van der Waals surface area contributed by atoms with Gasteiger partial charge in [0.05, 0.1) is 11.6 Å². The zero-order chi connectivity index (χ0) is 13.0. The van der Waals surface area contributed by atoms with E-state index >= 15 is 0 Å². The van der Waals surface area contributed by atoms with Crippen LogP contribution in [0.25, 0.3) is 0 Å². The Balaban J connectivity index is 2.31. The lowest BCUT2D eigenvalue weighted by molar-refractivity contribution is 0.0697. The van der Waals surface area contributed by atoms with Crippen molar-refractivity contribution in [1.29, 1.82) is 0 Å². The molecule has 1 atom stereocenters. The first-order chi connectivity index (χ1) is 8.72. The van der Waals surface area contributed by atoms with Crippen LogP contribution in [0.5, 0.6) is 0 Å². The summed E-state index contributed by atoms with van der Waals surface area (Å²) in [6, 6.07) is 10.7. The van der Waals surface area contributed by atoms with Crippen LogP contribution in [0.15, 0.2) is 48.8 Å². The first kappa shape index (κ1) is 12.3. The zero-order valence-corrected chi connectivity index (χ0v) is 10.00. The number of carboxylic acids is 1. The number of carboxylic acid groups (broad SMARTS) is 1. The molecule has 18 heavy (non-hydrogen) atoms. The minimum absolute atomic E-state index is 0.0153. The highest BCUT2D eigenvalue weighted by molar-refractivity contribution is 5.87. The molecule has 2 rings (SSSR count). The highest BCUT2D eigenvalue weighted by Gasteiger charge is 2.12. The van der Waals surface area contributed by atoms with E-state index in [-0.39, 0.29) is 6.04 Å². The van der Waals surface area contributed by atoms with Crippen molar-refractivity contribution in [3.05, 3.63) is 65.5 Å².